The van der Waals surface area contributed by atoms with E-state index >= 15 is 0 Å². The van der Waals surface area contributed by atoms with Gasteiger partial charge in [0, 0.05) is 17.8 Å². The highest BCUT2D eigenvalue weighted by molar-refractivity contribution is 5.95. The summed E-state index contributed by atoms with van der Waals surface area (Å²) < 4.78 is 0. The lowest BCUT2D eigenvalue weighted by molar-refractivity contribution is 0.0940. The fourth-order valence-corrected chi connectivity index (χ4v) is 2.75. The van der Waals surface area contributed by atoms with Crippen molar-refractivity contribution in [3.8, 4) is 0 Å². The Morgan fingerprint density at radius 1 is 1.24 bits per heavy atom. The van der Waals surface area contributed by atoms with Crippen molar-refractivity contribution in [2.75, 3.05) is 11.9 Å². The van der Waals surface area contributed by atoms with Gasteiger partial charge in [-0.15, -0.1) is 0 Å². The quantitative estimate of drug-likeness (QED) is 0.904. The van der Waals surface area contributed by atoms with Gasteiger partial charge in [0.1, 0.15) is 0 Å². The summed E-state index contributed by atoms with van der Waals surface area (Å²) in [5.74, 6) is -0.0151. The van der Waals surface area contributed by atoms with Crippen LogP contribution in [0.1, 0.15) is 40.0 Å². The van der Waals surface area contributed by atoms with E-state index in [1.807, 2.05) is 37.3 Å². The fourth-order valence-electron chi connectivity index (χ4n) is 2.75. The zero-order chi connectivity index (χ0) is 14.8. The zero-order valence-electron chi connectivity index (χ0n) is 12.4. The predicted octanol–water partition coefficient (Wildman–Crippen LogP) is 3.45. The Bertz CT molecular complexity index is 679. The monoisotopic (exact) mass is 280 g/mol. The third kappa shape index (κ3) is 2.92. The predicted molar refractivity (Wildman–Crippen MR) is 85.7 cm³/mol. The molecule has 0 spiro atoms. The first-order valence-electron chi connectivity index (χ1n) is 7.38. The summed E-state index contributed by atoms with van der Waals surface area (Å²) in [5.41, 5.74) is 5.45. The van der Waals surface area contributed by atoms with E-state index in [0.29, 0.717) is 0 Å². The van der Waals surface area contributed by atoms with Crippen LogP contribution >= 0.6 is 0 Å². The molecule has 3 rings (SSSR count). The molecule has 0 saturated heterocycles. The largest absolute Gasteiger partial charge is 0.384 e. The molecule has 2 aromatic carbocycles. The average Bonchev–Trinajstić information content (AvgIpc) is 2.94. The number of aryl methyl sites for hydroxylation is 1. The molecular formula is C18H20N2O. The number of hydrogen-bond donors (Lipinski definition) is 2. The van der Waals surface area contributed by atoms with Crippen molar-refractivity contribution >= 4 is 11.6 Å². The lowest BCUT2D eigenvalue weighted by Gasteiger charge is -2.15. The summed E-state index contributed by atoms with van der Waals surface area (Å²) in [6, 6.07) is 14.1. The molecule has 0 fully saturated rings. The van der Waals surface area contributed by atoms with E-state index in [2.05, 4.69) is 29.7 Å². The second-order valence-corrected chi connectivity index (χ2v) is 5.66. The maximum Gasteiger partial charge on any atom is 0.251 e. The molecule has 0 aliphatic carbocycles. The topological polar surface area (TPSA) is 41.1 Å². The lowest BCUT2D eigenvalue weighted by atomic mass is 10.0. The number of rotatable bonds is 3. The molecule has 1 aliphatic rings. The van der Waals surface area contributed by atoms with Crippen LogP contribution in [0.2, 0.25) is 0 Å². The summed E-state index contributed by atoms with van der Waals surface area (Å²) in [5, 5.41) is 6.38. The van der Waals surface area contributed by atoms with Crippen LogP contribution in [0.5, 0.6) is 0 Å². The van der Waals surface area contributed by atoms with Crippen LogP contribution in [0.25, 0.3) is 0 Å². The second kappa shape index (κ2) is 5.60. The molecule has 108 valence electrons. The first-order chi connectivity index (χ1) is 10.1. The third-order valence-corrected chi connectivity index (χ3v) is 3.97. The molecule has 3 nitrogen and oxygen atoms in total. The fraction of sp³-hybridized carbons (Fsp3) is 0.278. The van der Waals surface area contributed by atoms with Crippen molar-refractivity contribution in [1.82, 2.24) is 5.32 Å². The number of amides is 1. The second-order valence-electron chi connectivity index (χ2n) is 5.66. The highest BCUT2D eigenvalue weighted by Crippen LogP contribution is 2.23. The van der Waals surface area contributed by atoms with Crippen molar-refractivity contribution in [1.29, 1.82) is 0 Å². The Hall–Kier alpha value is -2.29. The van der Waals surface area contributed by atoms with Crippen LogP contribution in [0.4, 0.5) is 5.69 Å². The molecule has 0 unspecified atom stereocenters. The van der Waals surface area contributed by atoms with E-state index in [9.17, 15) is 4.79 Å². The lowest BCUT2D eigenvalue weighted by Crippen LogP contribution is -2.26. The van der Waals surface area contributed by atoms with Crippen molar-refractivity contribution in [2.45, 2.75) is 26.3 Å². The van der Waals surface area contributed by atoms with Crippen molar-refractivity contribution < 1.29 is 4.79 Å². The molecule has 3 heteroatoms. The zero-order valence-corrected chi connectivity index (χ0v) is 12.4. The van der Waals surface area contributed by atoms with Crippen LogP contribution < -0.4 is 10.6 Å². The van der Waals surface area contributed by atoms with Gasteiger partial charge in [-0.3, -0.25) is 4.79 Å². The number of hydrogen-bond acceptors (Lipinski definition) is 2. The summed E-state index contributed by atoms with van der Waals surface area (Å²) in [6.45, 7) is 5.03. The van der Waals surface area contributed by atoms with Gasteiger partial charge in [-0.2, -0.15) is 0 Å². The Kier molecular flexibility index (Phi) is 3.65. The van der Waals surface area contributed by atoms with Crippen LogP contribution in [0.15, 0.2) is 42.5 Å². The number of anilines is 1. The number of nitrogens with one attached hydrogen (secondary N) is 2. The van der Waals surface area contributed by atoms with Crippen molar-refractivity contribution in [3.63, 3.8) is 0 Å². The average molecular weight is 280 g/mol. The first-order valence-corrected chi connectivity index (χ1v) is 7.38. The van der Waals surface area contributed by atoms with E-state index in [4.69, 9.17) is 0 Å². The van der Waals surface area contributed by atoms with Gasteiger partial charge < -0.3 is 10.6 Å². The molecule has 0 saturated carbocycles. The van der Waals surface area contributed by atoms with Gasteiger partial charge in [0.05, 0.1) is 6.04 Å². The highest BCUT2D eigenvalue weighted by atomic mass is 16.1. The molecule has 2 N–H and O–H groups in total. The van der Waals surface area contributed by atoms with Gasteiger partial charge in [0.25, 0.3) is 5.91 Å². The minimum absolute atomic E-state index is 0.00350. The van der Waals surface area contributed by atoms with Crippen LogP contribution in [-0.4, -0.2) is 12.5 Å². The molecule has 0 radical (unpaired) electrons. The van der Waals surface area contributed by atoms with E-state index in [1.54, 1.807) is 0 Å². The minimum atomic E-state index is -0.0151. The normalized spacial score (nSPS) is 14.2. The standard InChI is InChI=1S/C18H20N2O/c1-12-4-3-5-14(10-12)13(2)20-18(21)16-6-7-17-15(11-16)8-9-19-17/h3-7,10-11,13,19H,8-9H2,1-2H3,(H,20,21)/t13-/m1/s1. The number of fused-ring (bicyclic) bond motifs is 1. The minimum Gasteiger partial charge on any atom is -0.384 e. The summed E-state index contributed by atoms with van der Waals surface area (Å²) in [7, 11) is 0. The van der Waals surface area contributed by atoms with Crippen LogP contribution in [0, 0.1) is 6.92 Å². The first kappa shape index (κ1) is 13.7. The van der Waals surface area contributed by atoms with Crippen molar-refractivity contribution in [2.24, 2.45) is 0 Å². The van der Waals surface area contributed by atoms with E-state index < -0.39 is 0 Å². The number of benzene rings is 2. The number of carbonyl (C=O) groups is 1. The van der Waals surface area contributed by atoms with Gasteiger partial charge in [-0.1, -0.05) is 29.8 Å². The summed E-state index contributed by atoms with van der Waals surface area (Å²) in [6.07, 6.45) is 0.990. The Labute approximate surface area is 125 Å². The Morgan fingerprint density at radius 2 is 2.10 bits per heavy atom. The van der Waals surface area contributed by atoms with Crippen LogP contribution in [0.3, 0.4) is 0 Å². The van der Waals surface area contributed by atoms with E-state index in [1.165, 1.54) is 11.1 Å². The van der Waals surface area contributed by atoms with Gasteiger partial charge in [-0.25, -0.2) is 0 Å². The molecule has 0 aromatic heterocycles. The van der Waals surface area contributed by atoms with Gasteiger partial charge in [0.15, 0.2) is 0 Å². The highest BCUT2D eigenvalue weighted by Gasteiger charge is 2.15. The molecular weight excluding hydrogens is 260 g/mol. The van der Waals surface area contributed by atoms with Crippen molar-refractivity contribution in [3.05, 3.63) is 64.7 Å². The smallest absolute Gasteiger partial charge is 0.251 e. The molecule has 1 amide bonds. The molecule has 2 aromatic rings. The van der Waals surface area contributed by atoms with Gasteiger partial charge in [0.2, 0.25) is 0 Å². The van der Waals surface area contributed by atoms with Crippen LogP contribution in [-0.2, 0) is 6.42 Å². The summed E-state index contributed by atoms with van der Waals surface area (Å²) in [4.78, 5) is 12.4. The van der Waals surface area contributed by atoms with Gasteiger partial charge >= 0.3 is 0 Å². The summed E-state index contributed by atoms with van der Waals surface area (Å²) >= 11 is 0. The maximum atomic E-state index is 12.4. The van der Waals surface area contributed by atoms with E-state index in [-0.39, 0.29) is 11.9 Å². The molecule has 21 heavy (non-hydrogen) atoms. The Balaban J connectivity index is 1.74. The SMILES string of the molecule is Cc1cccc([C@@H](C)NC(=O)c2ccc3c(c2)CCN3)c1. The Morgan fingerprint density at radius 3 is 2.90 bits per heavy atom. The van der Waals surface area contributed by atoms with Gasteiger partial charge in [-0.05, 0) is 49.6 Å². The molecule has 0 bridgehead atoms. The maximum absolute atomic E-state index is 12.4. The molecule has 1 atom stereocenters. The third-order valence-electron chi connectivity index (χ3n) is 3.97. The molecule has 1 aliphatic heterocycles. The van der Waals surface area contributed by atoms with E-state index in [0.717, 1.165) is 29.8 Å². The molecule has 1 heterocycles. The number of carbonyl (C=O) groups excluding carboxylic acids is 1.